The SMILES string of the molecule is CC(C)=CC1CC(C)(C=Cc2cccc3c2NCC3)c2cc3[nH]ccc3cc21. The molecule has 0 fully saturated rings. The molecule has 3 aromatic rings. The van der Waals surface area contributed by atoms with Crippen LogP contribution in [-0.2, 0) is 11.8 Å². The van der Waals surface area contributed by atoms with Crippen molar-refractivity contribution >= 4 is 22.7 Å². The number of anilines is 1. The first kappa shape index (κ1) is 17.4. The van der Waals surface area contributed by atoms with Crippen LogP contribution in [0.2, 0.25) is 0 Å². The van der Waals surface area contributed by atoms with Gasteiger partial charge in [0.2, 0.25) is 0 Å². The summed E-state index contributed by atoms with van der Waals surface area (Å²) < 4.78 is 0. The van der Waals surface area contributed by atoms with E-state index >= 15 is 0 Å². The largest absolute Gasteiger partial charge is 0.384 e. The van der Waals surface area contributed by atoms with Crippen LogP contribution in [0, 0.1) is 0 Å². The number of rotatable bonds is 3. The van der Waals surface area contributed by atoms with E-state index in [-0.39, 0.29) is 5.41 Å². The van der Waals surface area contributed by atoms with Gasteiger partial charge in [-0.1, -0.05) is 48.9 Å². The summed E-state index contributed by atoms with van der Waals surface area (Å²) in [6, 6.07) is 13.6. The van der Waals surface area contributed by atoms with Crippen LogP contribution in [-0.4, -0.2) is 11.5 Å². The van der Waals surface area contributed by atoms with Crippen LogP contribution >= 0.6 is 0 Å². The Balaban J connectivity index is 1.60. The predicted molar refractivity (Wildman–Crippen MR) is 120 cm³/mol. The second kappa shape index (κ2) is 6.41. The molecule has 2 N–H and O–H groups in total. The van der Waals surface area contributed by atoms with Gasteiger partial charge in [0.15, 0.2) is 0 Å². The summed E-state index contributed by atoms with van der Waals surface area (Å²) in [5.41, 5.74) is 9.67. The fourth-order valence-corrected chi connectivity index (χ4v) is 5.08. The molecule has 2 atom stereocenters. The van der Waals surface area contributed by atoms with E-state index in [1.54, 1.807) is 0 Å². The summed E-state index contributed by atoms with van der Waals surface area (Å²) in [4.78, 5) is 3.40. The average molecular weight is 369 g/mol. The summed E-state index contributed by atoms with van der Waals surface area (Å²) in [6.45, 7) is 7.86. The number of para-hydroxylation sites is 1. The second-order valence-electron chi connectivity index (χ2n) is 8.87. The topological polar surface area (TPSA) is 27.8 Å². The molecule has 0 saturated carbocycles. The predicted octanol–water partition coefficient (Wildman–Crippen LogP) is 6.56. The Labute approximate surface area is 167 Å². The second-order valence-corrected chi connectivity index (χ2v) is 8.87. The van der Waals surface area contributed by atoms with Crippen LogP contribution in [0.4, 0.5) is 5.69 Å². The number of hydrogen-bond donors (Lipinski definition) is 2. The third-order valence-corrected chi connectivity index (χ3v) is 6.43. The molecule has 2 heteroatoms. The normalized spacial score (nSPS) is 23.0. The van der Waals surface area contributed by atoms with Gasteiger partial charge in [-0.05, 0) is 72.5 Å². The Morgan fingerprint density at radius 1 is 1.18 bits per heavy atom. The average Bonchev–Trinajstić information content (AvgIpc) is 3.37. The van der Waals surface area contributed by atoms with Gasteiger partial charge in [-0.3, -0.25) is 0 Å². The molecule has 0 spiro atoms. The van der Waals surface area contributed by atoms with Crippen LogP contribution in [0.25, 0.3) is 17.0 Å². The standard InChI is InChI=1S/C26H28N2/c1-17(2)13-21-16-26(3,23-15-24-20(9-11-27-24)14-22(21)23)10-7-18-5-4-6-19-8-12-28-25(18)19/h4-7,9-11,13-15,21,27-28H,8,12,16H2,1-3H3. The van der Waals surface area contributed by atoms with Gasteiger partial charge in [0.25, 0.3) is 0 Å². The summed E-state index contributed by atoms with van der Waals surface area (Å²) >= 11 is 0. The Morgan fingerprint density at radius 2 is 2.07 bits per heavy atom. The third-order valence-electron chi connectivity index (χ3n) is 6.43. The van der Waals surface area contributed by atoms with Crippen molar-refractivity contribution < 1.29 is 0 Å². The van der Waals surface area contributed by atoms with Gasteiger partial charge in [-0.25, -0.2) is 0 Å². The first-order valence-corrected chi connectivity index (χ1v) is 10.3. The Hall–Kier alpha value is -2.74. The summed E-state index contributed by atoms with van der Waals surface area (Å²) in [7, 11) is 0. The van der Waals surface area contributed by atoms with Gasteiger partial charge in [0, 0.05) is 35.3 Å². The van der Waals surface area contributed by atoms with Crippen molar-refractivity contribution in [3.63, 3.8) is 0 Å². The Morgan fingerprint density at radius 3 is 2.93 bits per heavy atom. The Bertz CT molecular complexity index is 1110. The molecule has 0 amide bonds. The zero-order valence-electron chi connectivity index (χ0n) is 17.0. The van der Waals surface area contributed by atoms with E-state index < -0.39 is 0 Å². The molecule has 2 heterocycles. The molecule has 2 nitrogen and oxygen atoms in total. The van der Waals surface area contributed by atoms with Crippen LogP contribution in [0.5, 0.6) is 0 Å². The van der Waals surface area contributed by atoms with E-state index in [9.17, 15) is 0 Å². The molecule has 1 aliphatic carbocycles. The molecule has 1 aliphatic heterocycles. The van der Waals surface area contributed by atoms with Crippen molar-refractivity contribution in [3.05, 3.63) is 82.6 Å². The smallest absolute Gasteiger partial charge is 0.0457 e. The molecule has 0 radical (unpaired) electrons. The maximum Gasteiger partial charge on any atom is 0.0457 e. The lowest BCUT2D eigenvalue weighted by Crippen LogP contribution is -2.14. The van der Waals surface area contributed by atoms with Gasteiger partial charge < -0.3 is 10.3 Å². The van der Waals surface area contributed by atoms with Crippen LogP contribution in [0.15, 0.2) is 60.3 Å². The van der Waals surface area contributed by atoms with E-state index in [2.05, 4.69) is 85.7 Å². The summed E-state index contributed by atoms with van der Waals surface area (Å²) in [6.07, 6.45) is 11.5. The summed E-state index contributed by atoms with van der Waals surface area (Å²) in [5, 5.41) is 4.88. The van der Waals surface area contributed by atoms with Gasteiger partial charge in [0.1, 0.15) is 0 Å². The fraction of sp³-hybridized carbons (Fsp3) is 0.308. The third kappa shape index (κ3) is 2.79. The zero-order valence-corrected chi connectivity index (χ0v) is 17.0. The lowest BCUT2D eigenvalue weighted by molar-refractivity contribution is 0.566. The van der Waals surface area contributed by atoms with Gasteiger partial charge in [-0.2, -0.15) is 0 Å². The zero-order chi connectivity index (χ0) is 19.3. The van der Waals surface area contributed by atoms with Crippen LogP contribution in [0.1, 0.15) is 55.4 Å². The maximum absolute atomic E-state index is 3.57. The minimum atomic E-state index is 0.0343. The fourth-order valence-electron chi connectivity index (χ4n) is 5.08. The minimum absolute atomic E-state index is 0.0343. The number of aromatic nitrogens is 1. The maximum atomic E-state index is 3.57. The van der Waals surface area contributed by atoms with Crippen molar-refractivity contribution in [3.8, 4) is 0 Å². The molecular weight excluding hydrogens is 340 g/mol. The van der Waals surface area contributed by atoms with E-state index in [4.69, 9.17) is 0 Å². The van der Waals surface area contributed by atoms with Crippen molar-refractivity contribution in [1.82, 2.24) is 4.98 Å². The highest BCUT2D eigenvalue weighted by Gasteiger charge is 2.38. The van der Waals surface area contributed by atoms with E-state index in [0.717, 1.165) is 19.4 Å². The van der Waals surface area contributed by atoms with Crippen molar-refractivity contribution in [1.29, 1.82) is 0 Å². The highest BCUT2D eigenvalue weighted by molar-refractivity contribution is 5.83. The highest BCUT2D eigenvalue weighted by Crippen LogP contribution is 2.49. The molecule has 2 aliphatic rings. The Kier molecular flexibility index (Phi) is 3.97. The molecule has 28 heavy (non-hydrogen) atoms. The molecule has 2 aromatic carbocycles. The molecule has 0 bridgehead atoms. The summed E-state index contributed by atoms with van der Waals surface area (Å²) in [5.74, 6) is 0.480. The van der Waals surface area contributed by atoms with Gasteiger partial charge in [-0.15, -0.1) is 0 Å². The number of fused-ring (bicyclic) bond motifs is 3. The lowest BCUT2D eigenvalue weighted by Gasteiger charge is -2.22. The van der Waals surface area contributed by atoms with Crippen molar-refractivity contribution in [2.24, 2.45) is 0 Å². The van der Waals surface area contributed by atoms with Gasteiger partial charge in [0.05, 0.1) is 0 Å². The number of nitrogens with one attached hydrogen (secondary N) is 2. The first-order valence-electron chi connectivity index (χ1n) is 10.3. The number of hydrogen-bond acceptors (Lipinski definition) is 1. The molecule has 2 unspecified atom stereocenters. The number of H-pyrrole nitrogens is 1. The lowest BCUT2D eigenvalue weighted by atomic mass is 9.82. The minimum Gasteiger partial charge on any atom is -0.384 e. The highest BCUT2D eigenvalue weighted by atomic mass is 14.9. The van der Waals surface area contributed by atoms with Gasteiger partial charge >= 0.3 is 0 Å². The number of allylic oxidation sites excluding steroid dienone is 3. The van der Waals surface area contributed by atoms with E-state index in [1.165, 1.54) is 44.4 Å². The van der Waals surface area contributed by atoms with Crippen LogP contribution < -0.4 is 5.32 Å². The monoisotopic (exact) mass is 368 g/mol. The molecule has 5 rings (SSSR count). The molecule has 0 saturated heterocycles. The van der Waals surface area contributed by atoms with Crippen LogP contribution in [0.3, 0.4) is 0 Å². The van der Waals surface area contributed by atoms with Crippen molar-refractivity contribution in [2.45, 2.75) is 44.9 Å². The number of benzene rings is 2. The molecule has 142 valence electrons. The quantitative estimate of drug-likeness (QED) is 0.503. The van der Waals surface area contributed by atoms with E-state index in [1.807, 2.05) is 6.20 Å². The first-order chi connectivity index (χ1) is 13.5. The number of aromatic amines is 1. The molecular formula is C26H28N2. The molecule has 1 aromatic heterocycles. The van der Waals surface area contributed by atoms with E-state index in [0.29, 0.717) is 5.92 Å². The van der Waals surface area contributed by atoms with Crippen molar-refractivity contribution in [2.75, 3.05) is 11.9 Å².